The molecule has 1 unspecified atom stereocenters. The highest BCUT2D eigenvalue weighted by Gasteiger charge is 2.31. The smallest absolute Gasteiger partial charge is 0.341 e. The molecule has 0 saturated carbocycles. The molecule has 1 aliphatic carbocycles. The maximum absolute atomic E-state index is 13.7. The number of aromatic nitrogens is 1. The summed E-state index contributed by atoms with van der Waals surface area (Å²) in [5.74, 6) is -1.46. The molecule has 1 N–H and O–H groups in total. The van der Waals surface area contributed by atoms with E-state index in [2.05, 4.69) is 24.1 Å². The van der Waals surface area contributed by atoms with Crippen molar-refractivity contribution in [3.63, 3.8) is 0 Å². The first-order valence-electron chi connectivity index (χ1n) is 13.8. The average Bonchev–Trinajstić information content (AvgIpc) is 3.29. The number of nitrogens with one attached hydrogen (secondary N) is 1. The van der Waals surface area contributed by atoms with Crippen molar-refractivity contribution in [2.45, 2.75) is 78.5 Å². The lowest BCUT2D eigenvalue weighted by atomic mass is 9.95. The van der Waals surface area contributed by atoms with Crippen molar-refractivity contribution >= 4 is 45.1 Å². The highest BCUT2D eigenvalue weighted by Crippen LogP contribution is 2.39. The molecule has 3 aromatic rings. The molecule has 5 rings (SSSR count). The SMILES string of the molecule is CCOC(=O)c1c(NC(=O)C(C)OC(=O)c2c3c(nc4ccccc24)CCN(C(C)C)C3)sc2c1CCCC2. The lowest BCUT2D eigenvalue weighted by molar-refractivity contribution is -0.123. The summed E-state index contributed by atoms with van der Waals surface area (Å²) in [6.45, 7) is 9.31. The summed E-state index contributed by atoms with van der Waals surface area (Å²) >= 11 is 1.41. The Morgan fingerprint density at radius 1 is 1.03 bits per heavy atom. The largest absolute Gasteiger partial charge is 0.462 e. The van der Waals surface area contributed by atoms with Crippen LogP contribution in [-0.4, -0.2) is 53.0 Å². The van der Waals surface area contributed by atoms with Crippen LogP contribution in [0.1, 0.15) is 83.0 Å². The van der Waals surface area contributed by atoms with Gasteiger partial charge in [-0.15, -0.1) is 11.3 Å². The fourth-order valence-electron chi connectivity index (χ4n) is 5.44. The second-order valence-electron chi connectivity index (χ2n) is 10.4. The number of fused-ring (bicyclic) bond motifs is 3. The number of aryl methyl sites for hydroxylation is 1. The number of amides is 1. The zero-order chi connectivity index (χ0) is 27.7. The van der Waals surface area contributed by atoms with Gasteiger partial charge in [0.25, 0.3) is 5.91 Å². The van der Waals surface area contributed by atoms with E-state index in [1.807, 2.05) is 24.3 Å². The fourth-order valence-corrected chi connectivity index (χ4v) is 6.72. The molecule has 1 aliphatic heterocycles. The van der Waals surface area contributed by atoms with E-state index < -0.39 is 23.9 Å². The van der Waals surface area contributed by atoms with Crippen molar-refractivity contribution in [1.29, 1.82) is 0 Å². The number of nitrogens with zero attached hydrogens (tertiary/aromatic N) is 2. The summed E-state index contributed by atoms with van der Waals surface area (Å²) in [5.41, 5.74) is 4.38. The molecule has 1 aromatic carbocycles. The van der Waals surface area contributed by atoms with E-state index in [1.165, 1.54) is 11.3 Å². The minimum atomic E-state index is -1.07. The van der Waals surface area contributed by atoms with Crippen LogP contribution >= 0.6 is 11.3 Å². The van der Waals surface area contributed by atoms with Crippen LogP contribution < -0.4 is 5.32 Å². The highest BCUT2D eigenvalue weighted by atomic mass is 32.1. The van der Waals surface area contributed by atoms with Crippen LogP contribution in [0, 0.1) is 0 Å². The molecule has 8 nitrogen and oxygen atoms in total. The van der Waals surface area contributed by atoms with Gasteiger partial charge in [0.1, 0.15) is 5.00 Å². The third-order valence-corrected chi connectivity index (χ3v) is 8.76. The minimum absolute atomic E-state index is 0.253. The van der Waals surface area contributed by atoms with Crippen LogP contribution in [0.5, 0.6) is 0 Å². The Morgan fingerprint density at radius 3 is 2.56 bits per heavy atom. The first-order valence-corrected chi connectivity index (χ1v) is 14.6. The quantitative estimate of drug-likeness (QED) is 0.399. The number of esters is 2. The molecule has 0 fully saturated rings. The van der Waals surface area contributed by atoms with Crippen molar-refractivity contribution in [1.82, 2.24) is 9.88 Å². The van der Waals surface area contributed by atoms with Crippen molar-refractivity contribution in [3.8, 4) is 0 Å². The number of hydrogen-bond donors (Lipinski definition) is 1. The molecule has 1 atom stereocenters. The molecule has 0 bridgehead atoms. The first-order chi connectivity index (χ1) is 18.8. The Labute approximate surface area is 232 Å². The van der Waals surface area contributed by atoms with Gasteiger partial charge in [-0.2, -0.15) is 0 Å². The average molecular weight is 550 g/mol. The highest BCUT2D eigenvalue weighted by molar-refractivity contribution is 7.17. The van der Waals surface area contributed by atoms with Crippen LogP contribution in [0.15, 0.2) is 24.3 Å². The maximum atomic E-state index is 13.7. The van der Waals surface area contributed by atoms with Gasteiger partial charge in [-0.25, -0.2) is 9.59 Å². The Balaban J connectivity index is 1.41. The van der Waals surface area contributed by atoms with Crippen molar-refractivity contribution in [2.24, 2.45) is 0 Å². The lowest BCUT2D eigenvalue weighted by Crippen LogP contribution is -2.37. The van der Waals surface area contributed by atoms with Gasteiger partial charge in [0, 0.05) is 47.1 Å². The monoisotopic (exact) mass is 549 g/mol. The van der Waals surface area contributed by atoms with Crippen LogP contribution in [0.2, 0.25) is 0 Å². The number of carbonyl (C=O) groups excluding carboxylic acids is 3. The molecule has 9 heteroatoms. The number of benzene rings is 1. The Morgan fingerprint density at radius 2 is 1.79 bits per heavy atom. The first kappa shape index (κ1) is 27.3. The standard InChI is InChI=1S/C30H35N3O5S/c1-5-37-29(35)26-20-11-7-9-13-24(20)39-28(26)32-27(34)18(4)38-30(36)25-19-10-6-8-12-22(19)31-23-14-15-33(17(2)3)16-21(23)25/h6,8,10,12,17-18H,5,7,9,11,13-16H2,1-4H3,(H,32,34). The number of thiophene rings is 1. The van der Waals surface area contributed by atoms with Gasteiger partial charge < -0.3 is 14.8 Å². The molecule has 2 aliphatic rings. The fraction of sp³-hybridized carbons (Fsp3) is 0.467. The van der Waals surface area contributed by atoms with E-state index >= 15 is 0 Å². The number of hydrogen-bond acceptors (Lipinski definition) is 8. The second kappa shape index (κ2) is 11.4. The number of carbonyl (C=O) groups is 3. The third kappa shape index (κ3) is 5.43. The molecule has 0 radical (unpaired) electrons. The van der Waals surface area contributed by atoms with Crippen molar-refractivity contribution < 1.29 is 23.9 Å². The normalized spacial score (nSPS) is 15.9. The van der Waals surface area contributed by atoms with E-state index in [1.54, 1.807) is 13.8 Å². The molecule has 39 heavy (non-hydrogen) atoms. The molecular weight excluding hydrogens is 514 g/mol. The molecule has 206 valence electrons. The number of para-hydroxylation sites is 1. The molecule has 3 heterocycles. The molecular formula is C30H35N3O5S. The zero-order valence-electron chi connectivity index (χ0n) is 23.0. The van der Waals surface area contributed by atoms with Gasteiger partial charge in [-0.1, -0.05) is 18.2 Å². The molecule has 2 aromatic heterocycles. The van der Waals surface area contributed by atoms with E-state index in [9.17, 15) is 14.4 Å². The Kier molecular flexibility index (Phi) is 8.00. The number of rotatable bonds is 7. The summed E-state index contributed by atoms with van der Waals surface area (Å²) in [7, 11) is 0. The number of ether oxygens (including phenoxy) is 2. The molecule has 1 amide bonds. The molecule has 0 saturated heterocycles. The van der Waals surface area contributed by atoms with Gasteiger partial charge in [0.15, 0.2) is 6.10 Å². The summed E-state index contributed by atoms with van der Waals surface area (Å²) in [4.78, 5) is 48.0. The van der Waals surface area contributed by atoms with Gasteiger partial charge in [-0.05, 0) is 65.0 Å². The lowest BCUT2D eigenvalue weighted by Gasteiger charge is -2.32. The predicted octanol–water partition coefficient (Wildman–Crippen LogP) is 5.30. The predicted molar refractivity (Wildman–Crippen MR) is 151 cm³/mol. The Bertz CT molecular complexity index is 1430. The summed E-state index contributed by atoms with van der Waals surface area (Å²) in [6, 6.07) is 7.87. The summed E-state index contributed by atoms with van der Waals surface area (Å²) in [5, 5.41) is 4.05. The van der Waals surface area contributed by atoms with E-state index in [0.29, 0.717) is 28.7 Å². The van der Waals surface area contributed by atoms with Gasteiger partial charge >= 0.3 is 11.9 Å². The zero-order valence-corrected chi connectivity index (χ0v) is 23.8. The molecule has 0 spiro atoms. The van der Waals surface area contributed by atoms with Crippen LogP contribution in [0.25, 0.3) is 10.9 Å². The Hall–Kier alpha value is -3.30. The van der Waals surface area contributed by atoms with Crippen LogP contribution in [0.3, 0.4) is 0 Å². The van der Waals surface area contributed by atoms with E-state index in [-0.39, 0.29) is 6.61 Å². The third-order valence-electron chi connectivity index (χ3n) is 7.55. The summed E-state index contributed by atoms with van der Waals surface area (Å²) in [6.07, 6.45) is 3.38. The van der Waals surface area contributed by atoms with Crippen LogP contribution in [-0.2, 0) is 40.1 Å². The summed E-state index contributed by atoms with van der Waals surface area (Å²) < 4.78 is 11.1. The van der Waals surface area contributed by atoms with Gasteiger partial charge in [-0.3, -0.25) is 14.7 Å². The maximum Gasteiger partial charge on any atom is 0.341 e. The topological polar surface area (TPSA) is 97.8 Å². The number of pyridine rings is 1. The minimum Gasteiger partial charge on any atom is -0.462 e. The van der Waals surface area contributed by atoms with E-state index in [4.69, 9.17) is 14.5 Å². The van der Waals surface area contributed by atoms with Gasteiger partial charge in [0.2, 0.25) is 0 Å². The number of anilines is 1. The van der Waals surface area contributed by atoms with E-state index in [0.717, 1.165) is 71.2 Å². The van der Waals surface area contributed by atoms with Crippen LogP contribution in [0.4, 0.5) is 5.00 Å². The van der Waals surface area contributed by atoms with Gasteiger partial charge in [0.05, 0.1) is 23.3 Å². The second-order valence-corrected chi connectivity index (χ2v) is 11.5. The van der Waals surface area contributed by atoms with Crippen molar-refractivity contribution in [2.75, 3.05) is 18.5 Å². The van der Waals surface area contributed by atoms with Crippen molar-refractivity contribution in [3.05, 3.63) is 57.1 Å².